The molecule has 0 saturated heterocycles. The van der Waals surface area contributed by atoms with Crippen molar-refractivity contribution < 1.29 is 9.47 Å². The molecule has 0 saturated carbocycles. The SMILES string of the molecule is CC(C)(C)c1ccc(OCCOc2ccc(-c3cscn3)cc2N)cc1. The molecule has 0 spiro atoms. The predicted octanol–water partition coefficient (Wildman–Crippen LogP) is 5.15. The quantitative estimate of drug-likeness (QED) is 0.483. The largest absolute Gasteiger partial charge is 0.490 e. The van der Waals surface area contributed by atoms with E-state index in [4.69, 9.17) is 15.2 Å². The summed E-state index contributed by atoms with van der Waals surface area (Å²) < 4.78 is 11.5. The van der Waals surface area contributed by atoms with Crippen molar-refractivity contribution in [2.45, 2.75) is 26.2 Å². The van der Waals surface area contributed by atoms with E-state index in [0.717, 1.165) is 17.0 Å². The van der Waals surface area contributed by atoms with E-state index in [1.165, 1.54) is 5.56 Å². The molecule has 0 atom stereocenters. The van der Waals surface area contributed by atoms with Crippen LogP contribution in [0, 0.1) is 0 Å². The van der Waals surface area contributed by atoms with Crippen LogP contribution in [0.25, 0.3) is 11.3 Å². The molecule has 0 unspecified atom stereocenters. The minimum atomic E-state index is 0.143. The number of nitrogens with zero attached hydrogens (tertiary/aromatic N) is 1. The van der Waals surface area contributed by atoms with Crippen LogP contribution in [0.3, 0.4) is 0 Å². The van der Waals surface area contributed by atoms with Crippen LogP contribution in [0.15, 0.2) is 53.4 Å². The topological polar surface area (TPSA) is 57.4 Å². The van der Waals surface area contributed by atoms with Crippen molar-refractivity contribution in [1.82, 2.24) is 4.98 Å². The van der Waals surface area contributed by atoms with Gasteiger partial charge in [0.25, 0.3) is 0 Å². The molecule has 4 nitrogen and oxygen atoms in total. The Morgan fingerprint density at radius 1 is 1.00 bits per heavy atom. The van der Waals surface area contributed by atoms with Crippen molar-refractivity contribution in [3.63, 3.8) is 0 Å². The lowest BCUT2D eigenvalue weighted by Gasteiger charge is -2.19. The third kappa shape index (κ3) is 4.55. The van der Waals surface area contributed by atoms with Crippen LogP contribution in [-0.2, 0) is 5.41 Å². The van der Waals surface area contributed by atoms with E-state index in [1.807, 2.05) is 35.7 Å². The zero-order valence-electron chi connectivity index (χ0n) is 15.4. The minimum Gasteiger partial charge on any atom is -0.490 e. The van der Waals surface area contributed by atoms with Gasteiger partial charge in [-0.3, -0.25) is 0 Å². The van der Waals surface area contributed by atoms with E-state index in [2.05, 4.69) is 37.9 Å². The van der Waals surface area contributed by atoms with Crippen molar-refractivity contribution in [1.29, 1.82) is 0 Å². The standard InChI is InChI=1S/C21H24N2O2S/c1-21(2,3)16-5-7-17(8-6-16)24-10-11-25-20-9-4-15(12-18(20)22)19-13-26-14-23-19/h4-9,12-14H,10-11,22H2,1-3H3. The summed E-state index contributed by atoms with van der Waals surface area (Å²) in [6.45, 7) is 7.48. The molecule has 0 amide bonds. The first-order chi connectivity index (χ1) is 12.4. The zero-order chi connectivity index (χ0) is 18.6. The highest BCUT2D eigenvalue weighted by molar-refractivity contribution is 7.07. The number of aromatic nitrogens is 1. The predicted molar refractivity (Wildman–Crippen MR) is 108 cm³/mol. The Kier molecular flexibility index (Phi) is 5.47. The summed E-state index contributed by atoms with van der Waals surface area (Å²) in [5.41, 5.74) is 11.8. The van der Waals surface area contributed by atoms with Gasteiger partial charge in [-0.2, -0.15) is 0 Å². The smallest absolute Gasteiger partial charge is 0.142 e. The van der Waals surface area contributed by atoms with E-state index in [-0.39, 0.29) is 5.41 Å². The van der Waals surface area contributed by atoms with E-state index in [0.29, 0.717) is 24.7 Å². The third-order valence-corrected chi connectivity index (χ3v) is 4.65. The Labute approximate surface area is 158 Å². The van der Waals surface area contributed by atoms with Crippen LogP contribution in [0.1, 0.15) is 26.3 Å². The highest BCUT2D eigenvalue weighted by atomic mass is 32.1. The van der Waals surface area contributed by atoms with Crippen LogP contribution < -0.4 is 15.2 Å². The summed E-state index contributed by atoms with van der Waals surface area (Å²) in [4.78, 5) is 4.29. The number of ether oxygens (including phenoxy) is 2. The molecule has 5 heteroatoms. The van der Waals surface area contributed by atoms with Crippen LogP contribution in [0.4, 0.5) is 5.69 Å². The molecule has 2 aromatic carbocycles. The monoisotopic (exact) mass is 368 g/mol. The number of nitrogens with two attached hydrogens (primary N) is 1. The van der Waals surface area contributed by atoms with E-state index in [1.54, 1.807) is 16.8 Å². The molecule has 136 valence electrons. The summed E-state index contributed by atoms with van der Waals surface area (Å²) in [5, 5.41) is 1.99. The summed E-state index contributed by atoms with van der Waals surface area (Å²) in [6, 6.07) is 13.9. The van der Waals surface area contributed by atoms with Gasteiger partial charge in [0, 0.05) is 10.9 Å². The number of anilines is 1. The highest BCUT2D eigenvalue weighted by Gasteiger charge is 2.13. The Morgan fingerprint density at radius 3 is 2.35 bits per heavy atom. The fourth-order valence-corrected chi connectivity index (χ4v) is 3.12. The molecular formula is C21H24N2O2S. The van der Waals surface area contributed by atoms with Gasteiger partial charge in [0.15, 0.2) is 0 Å². The Balaban J connectivity index is 1.51. The molecule has 0 radical (unpaired) electrons. The van der Waals surface area contributed by atoms with Gasteiger partial charge in [-0.05, 0) is 41.3 Å². The lowest BCUT2D eigenvalue weighted by molar-refractivity contribution is 0.218. The number of hydrogen-bond donors (Lipinski definition) is 1. The Hall–Kier alpha value is -2.53. The number of nitrogen functional groups attached to an aromatic ring is 1. The first kappa shape index (κ1) is 18.3. The second-order valence-corrected chi connectivity index (χ2v) is 7.82. The molecule has 0 aliphatic carbocycles. The van der Waals surface area contributed by atoms with Crippen LogP contribution in [0.2, 0.25) is 0 Å². The van der Waals surface area contributed by atoms with Gasteiger partial charge < -0.3 is 15.2 Å². The third-order valence-electron chi connectivity index (χ3n) is 4.07. The molecule has 0 bridgehead atoms. The van der Waals surface area contributed by atoms with Crippen LogP contribution in [0.5, 0.6) is 11.5 Å². The molecule has 2 N–H and O–H groups in total. The van der Waals surface area contributed by atoms with E-state index < -0.39 is 0 Å². The van der Waals surface area contributed by atoms with Gasteiger partial charge in [-0.15, -0.1) is 11.3 Å². The molecule has 0 aliphatic rings. The molecule has 3 rings (SSSR count). The maximum atomic E-state index is 6.09. The van der Waals surface area contributed by atoms with Gasteiger partial charge in [0.1, 0.15) is 24.7 Å². The summed E-state index contributed by atoms with van der Waals surface area (Å²) in [6.07, 6.45) is 0. The van der Waals surface area contributed by atoms with Crippen LogP contribution in [-0.4, -0.2) is 18.2 Å². The molecule has 1 heterocycles. The van der Waals surface area contributed by atoms with Crippen molar-refractivity contribution in [2.24, 2.45) is 0 Å². The van der Waals surface area contributed by atoms with Crippen molar-refractivity contribution >= 4 is 17.0 Å². The molecule has 3 aromatic rings. The lowest BCUT2D eigenvalue weighted by atomic mass is 9.87. The molecule has 26 heavy (non-hydrogen) atoms. The second-order valence-electron chi connectivity index (χ2n) is 7.10. The van der Waals surface area contributed by atoms with Gasteiger partial charge in [-0.25, -0.2) is 4.98 Å². The van der Waals surface area contributed by atoms with Gasteiger partial charge in [0.2, 0.25) is 0 Å². The highest BCUT2D eigenvalue weighted by Crippen LogP contribution is 2.28. The van der Waals surface area contributed by atoms with Crippen molar-refractivity contribution in [2.75, 3.05) is 18.9 Å². The molecular weight excluding hydrogens is 344 g/mol. The fourth-order valence-electron chi connectivity index (χ4n) is 2.56. The summed E-state index contributed by atoms with van der Waals surface area (Å²) in [7, 11) is 0. The average Bonchev–Trinajstić information content (AvgIpc) is 3.14. The Bertz CT molecular complexity index is 837. The first-order valence-corrected chi connectivity index (χ1v) is 9.52. The van der Waals surface area contributed by atoms with Gasteiger partial charge in [0.05, 0.1) is 16.9 Å². The normalized spacial score (nSPS) is 11.3. The van der Waals surface area contributed by atoms with E-state index >= 15 is 0 Å². The number of hydrogen-bond acceptors (Lipinski definition) is 5. The van der Waals surface area contributed by atoms with Gasteiger partial charge in [-0.1, -0.05) is 32.9 Å². The minimum absolute atomic E-state index is 0.143. The number of thiazole rings is 1. The second kappa shape index (κ2) is 7.79. The van der Waals surface area contributed by atoms with Crippen molar-refractivity contribution in [3.8, 4) is 22.8 Å². The van der Waals surface area contributed by atoms with E-state index in [9.17, 15) is 0 Å². The summed E-state index contributed by atoms with van der Waals surface area (Å²) >= 11 is 1.56. The van der Waals surface area contributed by atoms with Crippen molar-refractivity contribution in [3.05, 3.63) is 58.9 Å². The lowest BCUT2D eigenvalue weighted by Crippen LogP contribution is -2.12. The fraction of sp³-hybridized carbons (Fsp3) is 0.286. The maximum Gasteiger partial charge on any atom is 0.142 e. The number of benzene rings is 2. The molecule has 0 aliphatic heterocycles. The number of rotatable bonds is 6. The molecule has 1 aromatic heterocycles. The Morgan fingerprint density at radius 2 is 1.73 bits per heavy atom. The summed E-state index contributed by atoms with van der Waals surface area (Å²) in [5.74, 6) is 1.50. The molecule has 0 fully saturated rings. The average molecular weight is 369 g/mol. The zero-order valence-corrected chi connectivity index (χ0v) is 16.2. The van der Waals surface area contributed by atoms with Gasteiger partial charge >= 0.3 is 0 Å². The first-order valence-electron chi connectivity index (χ1n) is 8.58. The van der Waals surface area contributed by atoms with Crippen LogP contribution >= 0.6 is 11.3 Å². The maximum absolute atomic E-state index is 6.09.